The summed E-state index contributed by atoms with van der Waals surface area (Å²) in [4.78, 5) is 15.4. The van der Waals surface area contributed by atoms with Crippen molar-refractivity contribution in [2.75, 3.05) is 32.1 Å². The minimum absolute atomic E-state index is 0.117. The van der Waals surface area contributed by atoms with Gasteiger partial charge in [0, 0.05) is 37.3 Å². The van der Waals surface area contributed by atoms with Crippen LogP contribution in [0, 0.1) is 0 Å². The maximum Gasteiger partial charge on any atom is 0.253 e. The Morgan fingerprint density at radius 1 is 1.10 bits per heavy atom. The minimum atomic E-state index is -3.63. The van der Waals surface area contributed by atoms with Gasteiger partial charge in [-0.15, -0.1) is 0 Å². The van der Waals surface area contributed by atoms with Crippen molar-refractivity contribution in [1.82, 2.24) is 9.62 Å². The lowest BCUT2D eigenvalue weighted by molar-refractivity contribution is 0.0940. The minimum Gasteiger partial charge on any atom is -0.371 e. The van der Waals surface area contributed by atoms with Crippen LogP contribution < -0.4 is 10.2 Å². The number of sulfonamides is 1. The Bertz CT molecular complexity index is 985. The standard InChI is InChI=1S/C21H26BrN3O3S/c1-15(16-6-8-17(22)9-7-16)23-21(26)19-14-18(29(27,28)24(2)3)10-11-20(19)25-12-4-5-13-25/h6-11,14-15H,4-5,12-13H2,1-3H3,(H,23,26). The molecule has 1 amide bonds. The summed E-state index contributed by atoms with van der Waals surface area (Å²) in [7, 11) is -0.659. The molecule has 1 unspecified atom stereocenters. The lowest BCUT2D eigenvalue weighted by Crippen LogP contribution is -2.30. The molecule has 1 N–H and O–H groups in total. The highest BCUT2D eigenvalue weighted by Gasteiger charge is 2.25. The number of amides is 1. The molecule has 6 nitrogen and oxygen atoms in total. The fraction of sp³-hybridized carbons (Fsp3) is 0.381. The Hall–Kier alpha value is -1.90. The average molecular weight is 480 g/mol. The van der Waals surface area contributed by atoms with E-state index in [1.165, 1.54) is 20.2 Å². The van der Waals surface area contributed by atoms with Gasteiger partial charge in [-0.05, 0) is 55.7 Å². The van der Waals surface area contributed by atoms with E-state index in [1.807, 2.05) is 31.2 Å². The van der Waals surface area contributed by atoms with Gasteiger partial charge in [-0.2, -0.15) is 0 Å². The van der Waals surface area contributed by atoms with Gasteiger partial charge in [0.05, 0.1) is 16.5 Å². The van der Waals surface area contributed by atoms with Gasteiger partial charge in [-0.1, -0.05) is 28.1 Å². The molecule has 3 rings (SSSR count). The highest BCUT2D eigenvalue weighted by Crippen LogP contribution is 2.29. The zero-order valence-electron chi connectivity index (χ0n) is 16.9. The third kappa shape index (κ3) is 4.82. The first-order valence-electron chi connectivity index (χ1n) is 9.58. The smallest absolute Gasteiger partial charge is 0.253 e. The number of nitrogens with zero attached hydrogens (tertiary/aromatic N) is 2. The second kappa shape index (κ2) is 8.85. The Morgan fingerprint density at radius 2 is 1.72 bits per heavy atom. The number of hydrogen-bond acceptors (Lipinski definition) is 4. The van der Waals surface area contributed by atoms with E-state index in [1.54, 1.807) is 12.1 Å². The SMILES string of the molecule is CC(NC(=O)c1cc(S(=O)(=O)N(C)C)ccc1N1CCCC1)c1ccc(Br)cc1. The molecule has 1 saturated heterocycles. The third-order valence-corrected chi connectivity index (χ3v) is 7.50. The number of anilines is 1. The molecule has 29 heavy (non-hydrogen) atoms. The molecule has 2 aromatic carbocycles. The number of nitrogens with one attached hydrogen (secondary N) is 1. The molecule has 0 aliphatic carbocycles. The van der Waals surface area contributed by atoms with E-state index >= 15 is 0 Å². The molecule has 1 aliphatic rings. The van der Waals surface area contributed by atoms with Gasteiger partial charge in [0.15, 0.2) is 0 Å². The van der Waals surface area contributed by atoms with Gasteiger partial charge in [0.1, 0.15) is 0 Å². The Kier molecular flexibility index (Phi) is 6.65. The number of carbonyl (C=O) groups is 1. The number of benzene rings is 2. The van der Waals surface area contributed by atoms with E-state index in [0.717, 1.165) is 46.0 Å². The summed E-state index contributed by atoms with van der Waals surface area (Å²) in [5.74, 6) is -0.280. The number of carbonyl (C=O) groups excluding carboxylic acids is 1. The first-order chi connectivity index (χ1) is 13.7. The fourth-order valence-corrected chi connectivity index (χ4v) is 4.60. The lowest BCUT2D eigenvalue weighted by atomic mass is 10.1. The number of halogens is 1. The van der Waals surface area contributed by atoms with Crippen molar-refractivity contribution in [3.05, 3.63) is 58.1 Å². The Morgan fingerprint density at radius 3 is 2.31 bits per heavy atom. The molecule has 0 spiro atoms. The summed E-state index contributed by atoms with van der Waals surface area (Å²) in [5.41, 5.74) is 2.14. The van der Waals surface area contributed by atoms with E-state index < -0.39 is 10.0 Å². The summed E-state index contributed by atoms with van der Waals surface area (Å²) in [6.45, 7) is 3.64. The van der Waals surface area contributed by atoms with Crippen molar-refractivity contribution < 1.29 is 13.2 Å². The first kappa shape index (κ1) is 21.8. The molecule has 0 radical (unpaired) electrons. The van der Waals surface area contributed by atoms with Crippen LogP contribution in [0.15, 0.2) is 51.8 Å². The summed E-state index contributed by atoms with van der Waals surface area (Å²) in [6.07, 6.45) is 2.13. The molecule has 1 fully saturated rings. The molecular weight excluding hydrogens is 454 g/mol. The zero-order valence-corrected chi connectivity index (χ0v) is 19.3. The Labute approximate surface area is 181 Å². The lowest BCUT2D eigenvalue weighted by Gasteiger charge is -2.23. The molecule has 1 aliphatic heterocycles. The summed E-state index contributed by atoms with van der Waals surface area (Å²) in [5, 5.41) is 3.01. The molecule has 1 heterocycles. The third-order valence-electron chi connectivity index (χ3n) is 5.16. The fourth-order valence-electron chi connectivity index (χ4n) is 3.41. The van der Waals surface area contributed by atoms with Crippen molar-refractivity contribution in [2.45, 2.75) is 30.7 Å². The predicted octanol–water partition coefficient (Wildman–Crippen LogP) is 3.79. The Balaban J connectivity index is 1.95. The average Bonchev–Trinajstić information content (AvgIpc) is 3.22. The van der Waals surface area contributed by atoms with E-state index in [-0.39, 0.29) is 16.8 Å². The van der Waals surface area contributed by atoms with Crippen LogP contribution in [0.1, 0.15) is 41.7 Å². The normalized spacial score (nSPS) is 15.6. The highest BCUT2D eigenvalue weighted by atomic mass is 79.9. The van der Waals surface area contributed by atoms with Gasteiger partial charge in [0.25, 0.3) is 5.91 Å². The number of rotatable bonds is 6. The van der Waals surface area contributed by atoms with Crippen LogP contribution in [0.25, 0.3) is 0 Å². The molecule has 2 aromatic rings. The van der Waals surface area contributed by atoms with Crippen LogP contribution in [0.5, 0.6) is 0 Å². The van der Waals surface area contributed by atoms with Crippen LogP contribution in [0.2, 0.25) is 0 Å². The summed E-state index contributed by atoms with van der Waals surface area (Å²) >= 11 is 3.41. The maximum absolute atomic E-state index is 13.2. The summed E-state index contributed by atoms with van der Waals surface area (Å²) in [6, 6.07) is 12.4. The van der Waals surface area contributed by atoms with E-state index in [2.05, 4.69) is 26.1 Å². The van der Waals surface area contributed by atoms with Gasteiger partial charge in [0.2, 0.25) is 10.0 Å². The van der Waals surface area contributed by atoms with Crippen LogP contribution >= 0.6 is 15.9 Å². The van der Waals surface area contributed by atoms with Crippen molar-refractivity contribution in [3.8, 4) is 0 Å². The molecule has 0 bridgehead atoms. The molecule has 1 atom stereocenters. The van der Waals surface area contributed by atoms with Crippen LogP contribution in [-0.2, 0) is 10.0 Å². The van der Waals surface area contributed by atoms with Gasteiger partial charge in [-0.3, -0.25) is 4.79 Å². The van der Waals surface area contributed by atoms with Crippen molar-refractivity contribution in [3.63, 3.8) is 0 Å². The molecule has 0 saturated carbocycles. The molecule has 8 heteroatoms. The highest BCUT2D eigenvalue weighted by molar-refractivity contribution is 9.10. The van der Waals surface area contributed by atoms with Crippen LogP contribution in [0.4, 0.5) is 5.69 Å². The van der Waals surface area contributed by atoms with Crippen molar-refractivity contribution >= 4 is 37.5 Å². The maximum atomic E-state index is 13.2. The second-order valence-corrected chi connectivity index (χ2v) is 10.5. The van der Waals surface area contributed by atoms with Crippen molar-refractivity contribution in [1.29, 1.82) is 0 Å². The van der Waals surface area contributed by atoms with Crippen molar-refractivity contribution in [2.24, 2.45) is 0 Å². The van der Waals surface area contributed by atoms with Gasteiger partial charge in [-0.25, -0.2) is 12.7 Å². The van der Waals surface area contributed by atoms with E-state index in [9.17, 15) is 13.2 Å². The monoisotopic (exact) mass is 479 g/mol. The predicted molar refractivity (Wildman–Crippen MR) is 119 cm³/mol. The quantitative estimate of drug-likeness (QED) is 0.683. The molecule has 0 aromatic heterocycles. The number of hydrogen-bond donors (Lipinski definition) is 1. The molecule has 156 valence electrons. The van der Waals surface area contributed by atoms with E-state index in [0.29, 0.717) is 5.56 Å². The van der Waals surface area contributed by atoms with Crippen LogP contribution in [-0.4, -0.2) is 45.8 Å². The first-order valence-corrected chi connectivity index (χ1v) is 11.8. The van der Waals surface area contributed by atoms with Gasteiger partial charge < -0.3 is 10.2 Å². The van der Waals surface area contributed by atoms with Crippen LogP contribution in [0.3, 0.4) is 0 Å². The van der Waals surface area contributed by atoms with Gasteiger partial charge >= 0.3 is 0 Å². The second-order valence-electron chi connectivity index (χ2n) is 7.41. The molecular formula is C21H26BrN3O3S. The largest absolute Gasteiger partial charge is 0.371 e. The zero-order chi connectivity index (χ0) is 21.2. The summed E-state index contributed by atoms with van der Waals surface area (Å²) < 4.78 is 27.3. The topological polar surface area (TPSA) is 69.7 Å². The van der Waals surface area contributed by atoms with E-state index in [4.69, 9.17) is 0 Å².